The van der Waals surface area contributed by atoms with E-state index >= 15 is 0 Å². The van der Waals surface area contributed by atoms with Crippen molar-refractivity contribution in [3.05, 3.63) is 101 Å². The molecule has 1 aliphatic rings. The highest BCUT2D eigenvalue weighted by molar-refractivity contribution is 6.14. The van der Waals surface area contributed by atoms with Crippen LogP contribution in [0.5, 0.6) is 0 Å². The Morgan fingerprint density at radius 3 is 2.46 bits per heavy atom. The van der Waals surface area contributed by atoms with Crippen LogP contribution >= 0.6 is 24.8 Å². The molecule has 0 atom stereocenters. The number of likely N-dealkylation sites (N-methyl/N-ethyl adjacent to an activating group) is 1. The Kier molecular flexibility index (Phi) is 11.4. The molecule has 3 aromatic carbocycles. The van der Waals surface area contributed by atoms with Crippen LogP contribution in [0.4, 0.5) is 11.4 Å². The fourth-order valence-electron chi connectivity index (χ4n) is 4.07. The Hall–Kier alpha value is -3.61. The van der Waals surface area contributed by atoms with Crippen LogP contribution in [0.1, 0.15) is 29.2 Å². The number of hydrogen-bond acceptors (Lipinski definition) is 4. The predicted octanol–water partition coefficient (Wildman–Crippen LogP) is 5.15. The van der Waals surface area contributed by atoms with Gasteiger partial charge in [0.05, 0.1) is 18.8 Å². The van der Waals surface area contributed by atoms with Crippen molar-refractivity contribution >= 4 is 59.8 Å². The van der Waals surface area contributed by atoms with E-state index < -0.39 is 0 Å². The van der Waals surface area contributed by atoms with Gasteiger partial charge in [-0.2, -0.15) is 0 Å². The van der Waals surface area contributed by atoms with Crippen molar-refractivity contribution in [2.24, 2.45) is 4.99 Å². The molecule has 0 fully saturated rings. The third-order valence-corrected chi connectivity index (χ3v) is 5.89. The average Bonchev–Trinajstić information content (AvgIpc) is 3.02. The number of halogens is 2. The monoisotopic (exact) mass is 538 g/mol. The van der Waals surface area contributed by atoms with E-state index in [1.807, 2.05) is 48.5 Å². The fourth-order valence-corrected chi connectivity index (χ4v) is 4.07. The molecule has 0 saturated heterocycles. The highest BCUT2D eigenvalue weighted by atomic mass is 35.5. The third-order valence-electron chi connectivity index (χ3n) is 5.89. The normalized spacial score (nSPS) is 12.4. The van der Waals surface area contributed by atoms with Gasteiger partial charge in [-0.1, -0.05) is 60.7 Å². The van der Waals surface area contributed by atoms with E-state index in [1.165, 1.54) is 12.5 Å². The molecule has 1 heterocycles. The van der Waals surface area contributed by atoms with Crippen LogP contribution in [0.3, 0.4) is 0 Å². The van der Waals surface area contributed by atoms with Crippen molar-refractivity contribution in [1.82, 2.24) is 5.32 Å². The molecule has 0 radical (unpaired) electrons. The number of nitrogens with zero attached hydrogens (tertiary/aromatic N) is 2. The molecule has 2 amide bonds. The molecule has 1 aliphatic heterocycles. The lowest BCUT2D eigenvalue weighted by molar-refractivity contribution is -0.122. The van der Waals surface area contributed by atoms with Crippen molar-refractivity contribution in [3.63, 3.8) is 0 Å². The molecule has 0 aliphatic carbocycles. The molecule has 0 aromatic heterocycles. The number of carbonyl (C=O) groups is 2. The molecular weight excluding hydrogens is 507 g/mol. The second-order valence-corrected chi connectivity index (χ2v) is 8.57. The zero-order chi connectivity index (χ0) is 24.6. The maximum atomic E-state index is 12.2. The minimum absolute atomic E-state index is 0. The quantitative estimate of drug-likeness (QED) is 0.437. The summed E-state index contributed by atoms with van der Waals surface area (Å²) in [5, 5.41) is 5.40. The summed E-state index contributed by atoms with van der Waals surface area (Å²) < 4.78 is 0. The molecule has 0 saturated carbocycles. The van der Waals surface area contributed by atoms with Crippen LogP contribution in [-0.4, -0.2) is 44.2 Å². The van der Waals surface area contributed by atoms with E-state index in [-0.39, 0.29) is 43.2 Å². The number of rotatable bonds is 7. The maximum absolute atomic E-state index is 12.2. The van der Waals surface area contributed by atoms with Gasteiger partial charge in [0.25, 0.3) is 0 Å². The van der Waals surface area contributed by atoms with Crippen LogP contribution in [-0.2, 0) is 16.0 Å². The van der Waals surface area contributed by atoms with E-state index in [9.17, 15) is 9.59 Å². The zero-order valence-corrected chi connectivity index (χ0v) is 22.6. The highest BCUT2D eigenvalue weighted by Gasteiger charge is 2.14. The zero-order valence-electron chi connectivity index (χ0n) is 20.9. The van der Waals surface area contributed by atoms with Gasteiger partial charge in [0.15, 0.2) is 0 Å². The van der Waals surface area contributed by atoms with Crippen LogP contribution in [0.15, 0.2) is 83.9 Å². The summed E-state index contributed by atoms with van der Waals surface area (Å²) in [6.45, 7) is 2.92. The first-order chi connectivity index (χ1) is 17.0. The first-order valence-electron chi connectivity index (χ1n) is 11.7. The summed E-state index contributed by atoms with van der Waals surface area (Å²) >= 11 is 0. The van der Waals surface area contributed by atoms with E-state index in [0.717, 1.165) is 47.6 Å². The van der Waals surface area contributed by atoms with Crippen LogP contribution in [0, 0.1) is 0 Å². The van der Waals surface area contributed by atoms with Crippen molar-refractivity contribution in [3.8, 4) is 0 Å². The number of allylic oxidation sites excluding steroid dienone is 1. The number of fused-ring (bicyclic) bond motifs is 1. The Labute approximate surface area is 230 Å². The Morgan fingerprint density at radius 2 is 1.70 bits per heavy atom. The second-order valence-electron chi connectivity index (χ2n) is 8.57. The number of aliphatic imine (C=N–C) groups is 1. The van der Waals surface area contributed by atoms with Gasteiger partial charge in [-0.05, 0) is 47.4 Å². The molecule has 0 unspecified atom stereocenters. The molecule has 4 rings (SSSR count). The number of benzene rings is 3. The Morgan fingerprint density at radius 1 is 0.973 bits per heavy atom. The number of amides is 2. The number of carbonyl (C=O) groups excluding carboxylic acids is 2. The SMILES string of the molecule is CC(=O)NCC(=O)Nc1ccc(Cc2ccccc2)c(/C=C/C2=NCCN(C)c3ccccc32)c1.Cl.Cl. The molecule has 6 nitrogen and oxygen atoms in total. The lowest BCUT2D eigenvalue weighted by atomic mass is 9.97. The summed E-state index contributed by atoms with van der Waals surface area (Å²) in [6, 6.07) is 24.5. The third kappa shape index (κ3) is 8.20. The molecule has 0 bridgehead atoms. The number of nitrogens with one attached hydrogen (secondary N) is 2. The van der Waals surface area contributed by atoms with Crippen LogP contribution < -0.4 is 15.5 Å². The summed E-state index contributed by atoms with van der Waals surface area (Å²) in [6.07, 6.45) is 4.90. The first-order valence-corrected chi connectivity index (χ1v) is 11.7. The Bertz CT molecular complexity index is 1280. The van der Waals surface area contributed by atoms with Crippen molar-refractivity contribution in [2.45, 2.75) is 13.3 Å². The average molecular weight is 540 g/mol. The van der Waals surface area contributed by atoms with Gasteiger partial charge in [-0.3, -0.25) is 14.6 Å². The van der Waals surface area contributed by atoms with E-state index in [2.05, 4.69) is 59.0 Å². The van der Waals surface area contributed by atoms with Gasteiger partial charge >= 0.3 is 0 Å². The molecule has 3 aromatic rings. The molecule has 2 N–H and O–H groups in total. The molecular formula is C29H32Cl2N4O2. The van der Waals surface area contributed by atoms with Crippen LogP contribution in [0.2, 0.25) is 0 Å². The smallest absolute Gasteiger partial charge is 0.243 e. The van der Waals surface area contributed by atoms with Gasteiger partial charge < -0.3 is 15.5 Å². The van der Waals surface area contributed by atoms with Crippen molar-refractivity contribution < 1.29 is 9.59 Å². The minimum Gasteiger partial charge on any atom is -0.372 e. The van der Waals surface area contributed by atoms with Gasteiger partial charge in [0.1, 0.15) is 0 Å². The topological polar surface area (TPSA) is 73.8 Å². The standard InChI is InChI=1S/C29H30N4O2.2ClH/c1-21(34)31-20-29(35)32-25-14-12-23(18-22-8-4-3-5-9-22)24(19-25)13-15-27-26-10-6-7-11-28(26)33(2)17-16-30-27;;/h3-15,19H,16-18,20H2,1-2H3,(H,31,34)(H,32,35);2*1H/b15-13+;;. The summed E-state index contributed by atoms with van der Waals surface area (Å²) in [5.74, 6) is -0.506. The van der Waals surface area contributed by atoms with Crippen molar-refractivity contribution in [2.75, 3.05) is 36.9 Å². The van der Waals surface area contributed by atoms with E-state index in [1.54, 1.807) is 0 Å². The lowest BCUT2D eigenvalue weighted by Gasteiger charge is -2.18. The molecule has 194 valence electrons. The summed E-state index contributed by atoms with van der Waals surface area (Å²) in [5.41, 5.74) is 7.25. The maximum Gasteiger partial charge on any atom is 0.243 e. The largest absolute Gasteiger partial charge is 0.372 e. The summed E-state index contributed by atoms with van der Waals surface area (Å²) in [4.78, 5) is 30.4. The Balaban J connectivity index is 0.00000241. The fraction of sp³-hybridized carbons (Fsp3) is 0.207. The predicted molar refractivity (Wildman–Crippen MR) is 158 cm³/mol. The van der Waals surface area contributed by atoms with Gasteiger partial charge in [0, 0.05) is 37.5 Å². The van der Waals surface area contributed by atoms with Gasteiger partial charge in [-0.25, -0.2) is 0 Å². The first kappa shape index (κ1) is 29.6. The molecule has 37 heavy (non-hydrogen) atoms. The number of benzodiazepines with no additional fused rings is 1. The number of para-hydroxylation sites is 1. The van der Waals surface area contributed by atoms with E-state index in [4.69, 9.17) is 4.99 Å². The summed E-state index contributed by atoms with van der Waals surface area (Å²) in [7, 11) is 2.09. The lowest BCUT2D eigenvalue weighted by Crippen LogP contribution is -2.31. The van der Waals surface area contributed by atoms with Crippen molar-refractivity contribution in [1.29, 1.82) is 0 Å². The number of anilines is 2. The molecule has 0 spiro atoms. The van der Waals surface area contributed by atoms with E-state index in [0.29, 0.717) is 5.69 Å². The second kappa shape index (κ2) is 14.2. The van der Waals surface area contributed by atoms with Gasteiger partial charge in [0.2, 0.25) is 11.8 Å². The number of hydrogen-bond donors (Lipinski definition) is 2. The van der Waals surface area contributed by atoms with Crippen LogP contribution in [0.25, 0.3) is 6.08 Å². The van der Waals surface area contributed by atoms with Gasteiger partial charge in [-0.15, -0.1) is 24.8 Å². The minimum atomic E-state index is -0.268. The molecule has 8 heteroatoms. The highest BCUT2D eigenvalue weighted by Crippen LogP contribution is 2.25.